The summed E-state index contributed by atoms with van der Waals surface area (Å²) in [6, 6.07) is 17.5. The molecule has 5 nitrogen and oxygen atoms in total. The molecule has 6 heteroatoms. The van der Waals surface area contributed by atoms with Crippen molar-refractivity contribution in [2.75, 3.05) is 26.7 Å². The van der Waals surface area contributed by atoms with Crippen molar-refractivity contribution in [1.29, 1.82) is 0 Å². The van der Waals surface area contributed by atoms with Crippen molar-refractivity contribution in [3.8, 4) is 27.6 Å². The minimum Gasteiger partial charge on any atom is -0.497 e. The highest BCUT2D eigenvalue weighted by Crippen LogP contribution is 2.34. The lowest BCUT2D eigenvalue weighted by molar-refractivity contribution is 0.0958. The van der Waals surface area contributed by atoms with Crippen molar-refractivity contribution >= 4 is 17.2 Å². The van der Waals surface area contributed by atoms with Gasteiger partial charge in [-0.05, 0) is 30.8 Å². The fourth-order valence-electron chi connectivity index (χ4n) is 2.64. The van der Waals surface area contributed by atoms with Gasteiger partial charge in [-0.1, -0.05) is 37.3 Å². The zero-order valence-electron chi connectivity index (χ0n) is 15.5. The summed E-state index contributed by atoms with van der Waals surface area (Å²) in [7, 11) is 1.64. The van der Waals surface area contributed by atoms with Gasteiger partial charge in [0.15, 0.2) is 0 Å². The molecular weight excluding hydrogens is 358 g/mol. The molecule has 3 aromatic rings. The number of hydrogen-bond acceptors (Lipinski definition) is 5. The number of carbonyl (C=O) groups is 1. The molecule has 1 amide bonds. The van der Waals surface area contributed by atoms with Crippen LogP contribution in [0.15, 0.2) is 54.6 Å². The maximum Gasteiger partial charge on any atom is 0.263 e. The van der Waals surface area contributed by atoms with Crippen molar-refractivity contribution in [1.82, 2.24) is 15.6 Å². The van der Waals surface area contributed by atoms with Crippen LogP contribution >= 0.6 is 11.3 Å². The number of hydrogen-bond donors (Lipinski definition) is 2. The summed E-state index contributed by atoms with van der Waals surface area (Å²) in [5, 5.41) is 6.99. The third kappa shape index (κ3) is 4.72. The number of thiazole rings is 1. The van der Waals surface area contributed by atoms with Crippen LogP contribution in [0, 0.1) is 0 Å². The van der Waals surface area contributed by atoms with E-state index in [9.17, 15) is 4.79 Å². The highest BCUT2D eigenvalue weighted by Gasteiger charge is 2.20. The lowest BCUT2D eigenvalue weighted by atomic mass is 10.1. The molecule has 3 rings (SSSR count). The minimum absolute atomic E-state index is 0.0935. The van der Waals surface area contributed by atoms with Crippen LogP contribution in [0.4, 0.5) is 0 Å². The predicted molar refractivity (Wildman–Crippen MR) is 110 cm³/mol. The summed E-state index contributed by atoms with van der Waals surface area (Å²) in [6.45, 7) is 4.25. The van der Waals surface area contributed by atoms with E-state index in [-0.39, 0.29) is 5.91 Å². The van der Waals surface area contributed by atoms with Crippen molar-refractivity contribution < 1.29 is 9.53 Å². The summed E-state index contributed by atoms with van der Waals surface area (Å²) in [6.07, 6.45) is 0. The van der Waals surface area contributed by atoms with E-state index in [1.807, 2.05) is 61.5 Å². The van der Waals surface area contributed by atoms with Crippen LogP contribution in [0.2, 0.25) is 0 Å². The molecule has 0 atom stereocenters. The highest BCUT2D eigenvalue weighted by atomic mass is 32.1. The van der Waals surface area contributed by atoms with Crippen LogP contribution in [-0.4, -0.2) is 37.6 Å². The zero-order valence-corrected chi connectivity index (χ0v) is 16.3. The molecule has 0 aliphatic carbocycles. The molecule has 0 fully saturated rings. The van der Waals surface area contributed by atoms with Crippen molar-refractivity contribution in [2.24, 2.45) is 0 Å². The first-order valence-corrected chi connectivity index (χ1v) is 9.74. The Bertz CT molecular complexity index is 876. The van der Waals surface area contributed by atoms with Gasteiger partial charge in [0.2, 0.25) is 0 Å². The molecule has 0 saturated carbocycles. The predicted octanol–water partition coefficient (Wildman–Crippen LogP) is 3.83. The fourth-order valence-corrected chi connectivity index (χ4v) is 3.65. The summed E-state index contributed by atoms with van der Waals surface area (Å²) in [5.74, 6) is 0.698. The van der Waals surface area contributed by atoms with Crippen LogP contribution in [0.5, 0.6) is 5.75 Å². The number of benzene rings is 2. The second kappa shape index (κ2) is 9.30. The summed E-state index contributed by atoms with van der Waals surface area (Å²) in [5.41, 5.74) is 2.61. The Morgan fingerprint density at radius 3 is 2.44 bits per heavy atom. The average Bonchev–Trinajstić information content (AvgIpc) is 3.17. The van der Waals surface area contributed by atoms with E-state index in [0.29, 0.717) is 17.1 Å². The first kappa shape index (κ1) is 19.1. The van der Waals surface area contributed by atoms with Gasteiger partial charge in [-0.25, -0.2) is 4.98 Å². The number of nitrogens with one attached hydrogen (secondary N) is 2. The van der Waals surface area contributed by atoms with E-state index in [1.54, 1.807) is 7.11 Å². The second-order valence-electron chi connectivity index (χ2n) is 5.90. The molecule has 0 unspecified atom stereocenters. The lowest BCUT2D eigenvalue weighted by Crippen LogP contribution is -2.31. The molecule has 0 spiro atoms. The number of nitrogens with zero attached hydrogens (tertiary/aromatic N) is 1. The van der Waals surface area contributed by atoms with Gasteiger partial charge in [0, 0.05) is 24.2 Å². The highest BCUT2D eigenvalue weighted by molar-refractivity contribution is 7.17. The smallest absolute Gasteiger partial charge is 0.263 e. The number of methoxy groups -OCH3 is 1. The second-order valence-corrected chi connectivity index (χ2v) is 6.90. The lowest BCUT2D eigenvalue weighted by Gasteiger charge is -2.05. The Morgan fingerprint density at radius 2 is 1.78 bits per heavy atom. The van der Waals surface area contributed by atoms with E-state index in [1.165, 1.54) is 11.3 Å². The van der Waals surface area contributed by atoms with Crippen LogP contribution in [0.1, 0.15) is 16.6 Å². The largest absolute Gasteiger partial charge is 0.497 e. The van der Waals surface area contributed by atoms with Crippen LogP contribution in [0.25, 0.3) is 21.8 Å². The summed E-state index contributed by atoms with van der Waals surface area (Å²) >= 11 is 1.41. The Morgan fingerprint density at radius 1 is 1.04 bits per heavy atom. The Kier molecular flexibility index (Phi) is 6.57. The maximum atomic E-state index is 12.8. The minimum atomic E-state index is -0.0935. The molecular formula is C21H23N3O2S. The maximum absolute atomic E-state index is 12.8. The third-order valence-corrected chi connectivity index (χ3v) is 5.16. The van der Waals surface area contributed by atoms with E-state index in [2.05, 4.69) is 10.6 Å². The van der Waals surface area contributed by atoms with Crippen molar-refractivity contribution in [2.45, 2.75) is 6.92 Å². The van der Waals surface area contributed by atoms with Gasteiger partial charge in [0.25, 0.3) is 5.91 Å². The van der Waals surface area contributed by atoms with Gasteiger partial charge in [0.1, 0.15) is 15.6 Å². The number of amides is 1. The molecule has 1 aromatic heterocycles. The Hall–Kier alpha value is -2.70. The summed E-state index contributed by atoms with van der Waals surface area (Å²) < 4.78 is 5.22. The molecule has 140 valence electrons. The molecule has 0 bridgehead atoms. The van der Waals surface area contributed by atoms with Crippen LogP contribution in [-0.2, 0) is 0 Å². The standard InChI is InChI=1S/C21H23N3O2S/c1-3-22-13-14-23-20(25)19-18(15-7-5-4-6-8-15)24-21(27-19)16-9-11-17(26-2)12-10-16/h4-12,22H,3,13-14H2,1-2H3,(H,23,25). The van der Waals surface area contributed by atoms with E-state index < -0.39 is 0 Å². The molecule has 0 aliphatic heterocycles. The van der Waals surface area contributed by atoms with Crippen LogP contribution < -0.4 is 15.4 Å². The molecule has 2 N–H and O–H groups in total. The molecule has 0 saturated heterocycles. The van der Waals surface area contributed by atoms with E-state index in [0.717, 1.165) is 35.0 Å². The third-order valence-electron chi connectivity index (χ3n) is 4.05. The number of carbonyl (C=O) groups excluding carboxylic acids is 1. The molecule has 27 heavy (non-hydrogen) atoms. The molecule has 2 aromatic carbocycles. The fraction of sp³-hybridized carbons (Fsp3) is 0.238. The van der Waals surface area contributed by atoms with Gasteiger partial charge in [0.05, 0.1) is 12.8 Å². The van der Waals surface area contributed by atoms with Gasteiger partial charge in [-0.15, -0.1) is 11.3 Å². The van der Waals surface area contributed by atoms with Crippen molar-refractivity contribution in [3.05, 3.63) is 59.5 Å². The first-order valence-electron chi connectivity index (χ1n) is 8.92. The zero-order chi connectivity index (χ0) is 19.1. The van der Waals surface area contributed by atoms with Crippen molar-refractivity contribution in [3.63, 3.8) is 0 Å². The SMILES string of the molecule is CCNCCNC(=O)c1sc(-c2ccc(OC)cc2)nc1-c1ccccc1. The topological polar surface area (TPSA) is 63.2 Å². The normalized spacial score (nSPS) is 10.6. The monoisotopic (exact) mass is 381 g/mol. The van der Waals surface area contributed by atoms with Gasteiger partial charge in [-0.3, -0.25) is 4.79 Å². The number of rotatable bonds is 8. The van der Waals surface area contributed by atoms with Gasteiger partial charge < -0.3 is 15.4 Å². The Labute approximate surface area is 163 Å². The number of aromatic nitrogens is 1. The Balaban J connectivity index is 1.92. The average molecular weight is 382 g/mol. The first-order chi connectivity index (χ1) is 13.2. The van der Waals surface area contributed by atoms with Crippen LogP contribution in [0.3, 0.4) is 0 Å². The van der Waals surface area contributed by atoms with E-state index in [4.69, 9.17) is 9.72 Å². The summed E-state index contributed by atoms with van der Waals surface area (Å²) in [4.78, 5) is 18.2. The molecule has 1 heterocycles. The van der Waals surface area contributed by atoms with Gasteiger partial charge >= 0.3 is 0 Å². The number of ether oxygens (including phenoxy) is 1. The van der Waals surface area contributed by atoms with Gasteiger partial charge in [-0.2, -0.15) is 0 Å². The quantitative estimate of drug-likeness (QED) is 0.582. The van der Waals surface area contributed by atoms with E-state index >= 15 is 0 Å². The number of likely N-dealkylation sites (N-methyl/N-ethyl adjacent to an activating group) is 1. The molecule has 0 radical (unpaired) electrons. The molecule has 0 aliphatic rings.